The topological polar surface area (TPSA) is 42.7 Å². The third kappa shape index (κ3) is 2.26. The van der Waals surface area contributed by atoms with Crippen LogP contribution in [0.3, 0.4) is 0 Å². The Morgan fingerprint density at radius 2 is 1.77 bits per heavy atom. The molecule has 0 aliphatic carbocycles. The Labute approximate surface area is 129 Å². The summed E-state index contributed by atoms with van der Waals surface area (Å²) < 4.78 is 1.99. The zero-order chi connectivity index (χ0) is 14.9. The molecule has 1 N–H and O–H groups in total. The molecule has 22 heavy (non-hydrogen) atoms. The summed E-state index contributed by atoms with van der Waals surface area (Å²) in [5.41, 5.74) is 3.84. The first kappa shape index (κ1) is 13.1. The van der Waals surface area contributed by atoms with Crippen molar-refractivity contribution in [2.24, 2.45) is 0 Å². The molecular formula is C18H18N4. The molecule has 0 fully saturated rings. The Hall–Kier alpha value is -2.62. The van der Waals surface area contributed by atoms with Crippen LogP contribution in [-0.2, 0) is 0 Å². The van der Waals surface area contributed by atoms with E-state index in [0.717, 1.165) is 12.4 Å². The van der Waals surface area contributed by atoms with Crippen LogP contribution in [0.15, 0.2) is 60.9 Å². The molecule has 1 aromatic heterocycles. The van der Waals surface area contributed by atoms with E-state index in [1.165, 1.54) is 16.7 Å². The summed E-state index contributed by atoms with van der Waals surface area (Å²) in [7, 11) is 0. The maximum absolute atomic E-state index is 4.41. The Morgan fingerprint density at radius 1 is 1.00 bits per heavy atom. The van der Waals surface area contributed by atoms with Crippen LogP contribution in [0, 0.1) is 6.92 Å². The average molecular weight is 290 g/mol. The van der Waals surface area contributed by atoms with Crippen molar-refractivity contribution in [3.63, 3.8) is 0 Å². The highest BCUT2D eigenvalue weighted by Gasteiger charge is 2.29. The fraction of sp³-hybridized carbons (Fsp3) is 0.222. The van der Waals surface area contributed by atoms with Crippen LogP contribution in [-0.4, -0.2) is 14.8 Å². The van der Waals surface area contributed by atoms with Crippen molar-refractivity contribution in [3.05, 3.63) is 77.6 Å². The van der Waals surface area contributed by atoms with Gasteiger partial charge in [0, 0.05) is 0 Å². The third-order valence-corrected chi connectivity index (χ3v) is 4.29. The quantitative estimate of drug-likeness (QED) is 0.782. The fourth-order valence-corrected chi connectivity index (χ4v) is 3.09. The van der Waals surface area contributed by atoms with Gasteiger partial charge in [-0.05, 0) is 24.5 Å². The van der Waals surface area contributed by atoms with Gasteiger partial charge in [0.25, 0.3) is 0 Å². The van der Waals surface area contributed by atoms with Gasteiger partial charge in [-0.1, -0.05) is 60.2 Å². The van der Waals surface area contributed by atoms with E-state index in [-0.39, 0.29) is 12.1 Å². The van der Waals surface area contributed by atoms with Gasteiger partial charge in [0.2, 0.25) is 5.95 Å². The summed E-state index contributed by atoms with van der Waals surface area (Å²) in [6.45, 7) is 2.11. The van der Waals surface area contributed by atoms with Crippen molar-refractivity contribution < 1.29 is 0 Å². The summed E-state index contributed by atoms with van der Waals surface area (Å²) in [5.74, 6) is 0.839. The van der Waals surface area contributed by atoms with Gasteiger partial charge in [0.1, 0.15) is 6.33 Å². The fourth-order valence-electron chi connectivity index (χ4n) is 3.09. The highest BCUT2D eigenvalue weighted by molar-refractivity contribution is 5.38. The highest BCUT2D eigenvalue weighted by atomic mass is 15.4. The minimum atomic E-state index is 0.213. The second kappa shape index (κ2) is 5.30. The van der Waals surface area contributed by atoms with E-state index in [1.54, 1.807) is 6.33 Å². The Balaban J connectivity index is 1.73. The summed E-state index contributed by atoms with van der Waals surface area (Å²) in [4.78, 5) is 4.37. The number of nitrogens with one attached hydrogen (secondary N) is 1. The van der Waals surface area contributed by atoms with Gasteiger partial charge in [-0.15, -0.1) is 0 Å². The maximum atomic E-state index is 4.41. The molecule has 2 aromatic carbocycles. The number of anilines is 1. The van der Waals surface area contributed by atoms with Gasteiger partial charge < -0.3 is 5.32 Å². The highest BCUT2D eigenvalue weighted by Crippen LogP contribution is 2.37. The van der Waals surface area contributed by atoms with E-state index in [4.69, 9.17) is 0 Å². The van der Waals surface area contributed by atoms with E-state index >= 15 is 0 Å². The first-order chi connectivity index (χ1) is 10.8. The van der Waals surface area contributed by atoms with E-state index in [1.807, 2.05) is 10.7 Å². The van der Waals surface area contributed by atoms with Crippen LogP contribution in [0.2, 0.25) is 0 Å². The summed E-state index contributed by atoms with van der Waals surface area (Å²) in [6.07, 6.45) is 2.58. The minimum Gasteiger partial charge on any atom is -0.348 e. The van der Waals surface area contributed by atoms with Gasteiger partial charge in [0.15, 0.2) is 0 Å². The van der Waals surface area contributed by atoms with Crippen LogP contribution >= 0.6 is 0 Å². The Kier molecular flexibility index (Phi) is 3.15. The zero-order valence-electron chi connectivity index (χ0n) is 12.5. The molecule has 1 aliphatic rings. The molecule has 0 bridgehead atoms. The molecular weight excluding hydrogens is 272 g/mol. The van der Waals surface area contributed by atoms with E-state index in [0.29, 0.717) is 0 Å². The lowest BCUT2D eigenvalue weighted by Crippen LogP contribution is -2.28. The lowest BCUT2D eigenvalue weighted by atomic mass is 9.93. The maximum Gasteiger partial charge on any atom is 0.222 e. The Morgan fingerprint density at radius 3 is 2.55 bits per heavy atom. The SMILES string of the molecule is Cc1ccc([C@H]2C[C@@H](c3ccccc3)Nc3ncnn32)cc1. The first-order valence-corrected chi connectivity index (χ1v) is 7.59. The minimum absolute atomic E-state index is 0.213. The molecule has 2 heterocycles. The predicted molar refractivity (Wildman–Crippen MR) is 86.8 cm³/mol. The molecule has 0 radical (unpaired) electrons. The molecule has 0 amide bonds. The molecule has 2 atom stereocenters. The van der Waals surface area contributed by atoms with Crippen molar-refractivity contribution in [1.82, 2.24) is 14.8 Å². The largest absolute Gasteiger partial charge is 0.348 e. The smallest absolute Gasteiger partial charge is 0.222 e. The number of hydrogen-bond acceptors (Lipinski definition) is 3. The van der Waals surface area contributed by atoms with E-state index in [9.17, 15) is 0 Å². The molecule has 1 aliphatic heterocycles. The van der Waals surface area contributed by atoms with E-state index in [2.05, 4.69) is 70.9 Å². The molecule has 4 nitrogen and oxygen atoms in total. The van der Waals surface area contributed by atoms with Gasteiger partial charge in [0.05, 0.1) is 12.1 Å². The molecule has 0 saturated carbocycles. The van der Waals surface area contributed by atoms with Crippen molar-refractivity contribution in [1.29, 1.82) is 0 Å². The number of fused-ring (bicyclic) bond motifs is 1. The Bertz CT molecular complexity index is 761. The average Bonchev–Trinajstić information content (AvgIpc) is 3.04. The molecule has 0 saturated heterocycles. The van der Waals surface area contributed by atoms with E-state index < -0.39 is 0 Å². The summed E-state index contributed by atoms with van der Waals surface area (Å²) >= 11 is 0. The molecule has 4 heteroatoms. The van der Waals surface area contributed by atoms with Crippen molar-refractivity contribution in [3.8, 4) is 0 Å². The van der Waals surface area contributed by atoms with Crippen molar-refractivity contribution in [2.45, 2.75) is 25.4 Å². The van der Waals surface area contributed by atoms with Crippen LogP contribution in [0.1, 0.15) is 35.2 Å². The van der Waals surface area contributed by atoms with Crippen LogP contribution in [0.5, 0.6) is 0 Å². The van der Waals surface area contributed by atoms with Crippen LogP contribution in [0.25, 0.3) is 0 Å². The van der Waals surface area contributed by atoms with Crippen LogP contribution < -0.4 is 5.32 Å². The molecule has 3 aromatic rings. The van der Waals surface area contributed by atoms with Gasteiger partial charge in [-0.2, -0.15) is 10.1 Å². The molecule has 0 unspecified atom stereocenters. The van der Waals surface area contributed by atoms with Crippen molar-refractivity contribution >= 4 is 5.95 Å². The summed E-state index contributed by atoms with van der Waals surface area (Å²) in [6, 6.07) is 19.7. The second-order valence-electron chi connectivity index (χ2n) is 5.80. The second-order valence-corrected chi connectivity index (χ2v) is 5.80. The normalized spacial score (nSPS) is 20.2. The zero-order valence-corrected chi connectivity index (χ0v) is 12.5. The number of benzene rings is 2. The summed E-state index contributed by atoms with van der Waals surface area (Å²) in [5, 5.41) is 7.90. The molecule has 4 rings (SSSR count). The monoisotopic (exact) mass is 290 g/mol. The number of hydrogen-bond donors (Lipinski definition) is 1. The molecule has 110 valence electrons. The van der Waals surface area contributed by atoms with Gasteiger partial charge in [-0.3, -0.25) is 0 Å². The standard InChI is InChI=1S/C18H18N4/c1-13-7-9-15(10-8-13)17-11-16(14-5-3-2-4-6-14)21-18-19-12-20-22(17)18/h2-10,12,16-17H,11H2,1H3,(H,19,20,21)/t16-,17+/m0/s1. The lowest BCUT2D eigenvalue weighted by Gasteiger charge is -2.31. The number of aryl methyl sites for hydroxylation is 1. The van der Waals surface area contributed by atoms with Crippen LogP contribution in [0.4, 0.5) is 5.95 Å². The van der Waals surface area contributed by atoms with Gasteiger partial charge in [-0.25, -0.2) is 4.68 Å². The molecule has 0 spiro atoms. The van der Waals surface area contributed by atoms with Gasteiger partial charge >= 0.3 is 0 Å². The van der Waals surface area contributed by atoms with Crippen molar-refractivity contribution in [2.75, 3.05) is 5.32 Å². The lowest BCUT2D eigenvalue weighted by molar-refractivity contribution is 0.431. The predicted octanol–water partition coefficient (Wildman–Crippen LogP) is 3.73. The number of aromatic nitrogens is 3. The number of rotatable bonds is 2. The first-order valence-electron chi connectivity index (χ1n) is 7.59. The third-order valence-electron chi connectivity index (χ3n) is 4.29. The number of nitrogens with zero attached hydrogens (tertiary/aromatic N) is 3.